The maximum atomic E-state index is 12.2. The van der Waals surface area contributed by atoms with E-state index in [0.717, 1.165) is 24.1 Å². The number of aliphatic hydroxyl groups is 1. The van der Waals surface area contributed by atoms with Gasteiger partial charge in [0.1, 0.15) is 0 Å². The van der Waals surface area contributed by atoms with Gasteiger partial charge < -0.3 is 16.2 Å². The Bertz CT molecular complexity index is 433. The van der Waals surface area contributed by atoms with Gasteiger partial charge >= 0.3 is 0 Å². The van der Waals surface area contributed by atoms with Crippen LogP contribution in [-0.2, 0) is 11.3 Å². The number of nitrogens with one attached hydrogen (secondary N) is 1. The van der Waals surface area contributed by atoms with Crippen molar-refractivity contribution in [1.29, 1.82) is 0 Å². The van der Waals surface area contributed by atoms with Crippen molar-refractivity contribution in [3.05, 3.63) is 29.8 Å². The molecule has 0 aliphatic carbocycles. The van der Waals surface area contributed by atoms with Crippen molar-refractivity contribution in [1.82, 2.24) is 4.90 Å². The number of rotatable bonds is 9. The second kappa shape index (κ2) is 9.50. The van der Waals surface area contributed by atoms with E-state index in [-0.39, 0.29) is 12.5 Å². The number of carbonyl (C=O) groups is 1. The molecule has 5 nitrogen and oxygen atoms in total. The summed E-state index contributed by atoms with van der Waals surface area (Å²) in [4.78, 5) is 14.2. The van der Waals surface area contributed by atoms with Crippen LogP contribution in [0, 0.1) is 0 Å². The van der Waals surface area contributed by atoms with Crippen LogP contribution in [0.4, 0.5) is 5.69 Å². The highest BCUT2D eigenvalue weighted by Crippen LogP contribution is 2.12. The van der Waals surface area contributed by atoms with Gasteiger partial charge in [0.25, 0.3) is 0 Å². The van der Waals surface area contributed by atoms with Crippen LogP contribution in [0.1, 0.15) is 32.3 Å². The standard InChI is InChI=1S/C16H27N3O2/c1-3-15(4-2)19(8-9-20)12-16(21)18-14-7-5-6-13(10-14)11-17/h5-7,10,15,20H,3-4,8-9,11-12,17H2,1-2H3,(H,18,21). The Morgan fingerprint density at radius 3 is 2.67 bits per heavy atom. The molecule has 0 spiro atoms. The van der Waals surface area contributed by atoms with E-state index in [1.54, 1.807) is 0 Å². The Morgan fingerprint density at radius 2 is 2.10 bits per heavy atom. The summed E-state index contributed by atoms with van der Waals surface area (Å²) < 4.78 is 0. The van der Waals surface area contributed by atoms with Gasteiger partial charge in [-0.2, -0.15) is 0 Å². The normalized spacial score (nSPS) is 11.1. The molecular formula is C16H27N3O2. The van der Waals surface area contributed by atoms with E-state index in [4.69, 9.17) is 10.8 Å². The summed E-state index contributed by atoms with van der Waals surface area (Å²) in [7, 11) is 0. The third-order valence-electron chi connectivity index (χ3n) is 3.64. The lowest BCUT2D eigenvalue weighted by Gasteiger charge is -2.29. The van der Waals surface area contributed by atoms with E-state index in [0.29, 0.717) is 25.7 Å². The first-order valence-electron chi connectivity index (χ1n) is 7.58. The molecule has 0 bridgehead atoms. The molecule has 0 heterocycles. The predicted octanol–water partition coefficient (Wildman–Crippen LogP) is 1.57. The van der Waals surface area contributed by atoms with Crippen molar-refractivity contribution in [2.45, 2.75) is 39.3 Å². The van der Waals surface area contributed by atoms with Crippen LogP contribution in [0.25, 0.3) is 0 Å². The molecule has 0 aromatic heterocycles. The first-order valence-corrected chi connectivity index (χ1v) is 7.58. The Balaban J connectivity index is 2.64. The molecule has 0 fully saturated rings. The van der Waals surface area contributed by atoms with E-state index in [1.165, 1.54) is 0 Å². The zero-order valence-electron chi connectivity index (χ0n) is 13.0. The van der Waals surface area contributed by atoms with Crippen LogP contribution in [-0.4, -0.2) is 41.7 Å². The second-order valence-electron chi connectivity index (χ2n) is 5.12. The molecule has 0 saturated heterocycles. The first-order chi connectivity index (χ1) is 10.1. The van der Waals surface area contributed by atoms with Crippen molar-refractivity contribution in [2.24, 2.45) is 5.73 Å². The molecule has 21 heavy (non-hydrogen) atoms. The Hall–Kier alpha value is -1.43. The molecular weight excluding hydrogens is 266 g/mol. The summed E-state index contributed by atoms with van der Waals surface area (Å²) in [6, 6.07) is 7.86. The summed E-state index contributed by atoms with van der Waals surface area (Å²) in [5.41, 5.74) is 7.34. The van der Waals surface area contributed by atoms with Gasteiger partial charge in [-0.3, -0.25) is 9.69 Å². The minimum Gasteiger partial charge on any atom is -0.395 e. The number of nitrogens with zero attached hydrogens (tertiary/aromatic N) is 1. The van der Waals surface area contributed by atoms with E-state index in [9.17, 15) is 4.79 Å². The van der Waals surface area contributed by atoms with Crippen LogP contribution >= 0.6 is 0 Å². The van der Waals surface area contributed by atoms with Crippen molar-refractivity contribution < 1.29 is 9.90 Å². The van der Waals surface area contributed by atoms with Crippen LogP contribution < -0.4 is 11.1 Å². The predicted molar refractivity (Wildman–Crippen MR) is 86.0 cm³/mol. The van der Waals surface area contributed by atoms with Crippen molar-refractivity contribution >= 4 is 11.6 Å². The number of hydrogen-bond acceptors (Lipinski definition) is 4. The smallest absolute Gasteiger partial charge is 0.238 e. The van der Waals surface area contributed by atoms with E-state index >= 15 is 0 Å². The first kappa shape index (κ1) is 17.6. The SMILES string of the molecule is CCC(CC)N(CCO)CC(=O)Nc1cccc(CN)c1. The highest BCUT2D eigenvalue weighted by atomic mass is 16.3. The number of benzene rings is 1. The fourth-order valence-electron chi connectivity index (χ4n) is 2.49. The molecule has 4 N–H and O–H groups in total. The molecule has 0 atom stereocenters. The molecule has 0 unspecified atom stereocenters. The quantitative estimate of drug-likeness (QED) is 0.646. The Labute approximate surface area is 127 Å². The van der Waals surface area contributed by atoms with Gasteiger partial charge in [0, 0.05) is 24.8 Å². The van der Waals surface area contributed by atoms with E-state index in [2.05, 4.69) is 19.2 Å². The van der Waals surface area contributed by atoms with Gasteiger partial charge in [-0.25, -0.2) is 0 Å². The van der Waals surface area contributed by atoms with Crippen LogP contribution in [0.15, 0.2) is 24.3 Å². The van der Waals surface area contributed by atoms with Crippen LogP contribution in [0.3, 0.4) is 0 Å². The summed E-state index contributed by atoms with van der Waals surface area (Å²) >= 11 is 0. The monoisotopic (exact) mass is 293 g/mol. The molecule has 5 heteroatoms. The van der Waals surface area contributed by atoms with Crippen molar-refractivity contribution in [3.8, 4) is 0 Å². The molecule has 1 aromatic carbocycles. The lowest BCUT2D eigenvalue weighted by Crippen LogP contribution is -2.42. The molecule has 0 aliphatic rings. The Kier molecular flexibility index (Phi) is 7.97. The molecule has 0 aliphatic heterocycles. The topological polar surface area (TPSA) is 78.6 Å². The molecule has 1 aromatic rings. The molecule has 1 amide bonds. The fraction of sp³-hybridized carbons (Fsp3) is 0.562. The average molecular weight is 293 g/mol. The zero-order chi connectivity index (χ0) is 15.7. The number of aliphatic hydroxyl groups excluding tert-OH is 1. The average Bonchev–Trinajstić information content (AvgIpc) is 2.48. The minimum atomic E-state index is -0.0653. The van der Waals surface area contributed by atoms with Gasteiger partial charge in [-0.15, -0.1) is 0 Å². The number of carbonyl (C=O) groups excluding carboxylic acids is 1. The summed E-state index contributed by atoms with van der Waals surface area (Å²) in [6.45, 7) is 5.52. The van der Waals surface area contributed by atoms with Gasteiger partial charge in [0.05, 0.1) is 13.2 Å². The summed E-state index contributed by atoms with van der Waals surface area (Å²) in [6.07, 6.45) is 1.93. The van der Waals surface area contributed by atoms with Crippen molar-refractivity contribution in [2.75, 3.05) is 25.0 Å². The van der Waals surface area contributed by atoms with Gasteiger partial charge in [0.2, 0.25) is 5.91 Å². The lowest BCUT2D eigenvalue weighted by molar-refractivity contribution is -0.118. The largest absolute Gasteiger partial charge is 0.395 e. The summed E-state index contributed by atoms with van der Waals surface area (Å²) in [5, 5.41) is 12.1. The van der Waals surface area contributed by atoms with E-state index in [1.807, 2.05) is 29.2 Å². The van der Waals surface area contributed by atoms with Gasteiger partial charge in [-0.1, -0.05) is 26.0 Å². The van der Waals surface area contributed by atoms with Gasteiger partial charge in [0.15, 0.2) is 0 Å². The number of anilines is 1. The van der Waals surface area contributed by atoms with Crippen molar-refractivity contribution in [3.63, 3.8) is 0 Å². The van der Waals surface area contributed by atoms with E-state index < -0.39 is 0 Å². The maximum absolute atomic E-state index is 12.2. The number of hydrogen-bond donors (Lipinski definition) is 3. The maximum Gasteiger partial charge on any atom is 0.238 e. The molecule has 1 rings (SSSR count). The third-order valence-corrected chi connectivity index (χ3v) is 3.64. The number of amides is 1. The molecule has 0 saturated carbocycles. The third kappa shape index (κ3) is 5.83. The zero-order valence-corrected chi connectivity index (χ0v) is 13.0. The fourth-order valence-corrected chi connectivity index (χ4v) is 2.49. The minimum absolute atomic E-state index is 0.0619. The summed E-state index contributed by atoms with van der Waals surface area (Å²) in [5.74, 6) is -0.0653. The highest BCUT2D eigenvalue weighted by molar-refractivity contribution is 5.92. The second-order valence-corrected chi connectivity index (χ2v) is 5.12. The van der Waals surface area contributed by atoms with Crippen LogP contribution in [0.5, 0.6) is 0 Å². The number of nitrogens with two attached hydrogens (primary N) is 1. The highest BCUT2D eigenvalue weighted by Gasteiger charge is 2.17. The Morgan fingerprint density at radius 1 is 1.38 bits per heavy atom. The lowest BCUT2D eigenvalue weighted by atomic mass is 10.1. The molecule has 118 valence electrons. The molecule has 0 radical (unpaired) electrons. The van der Waals surface area contributed by atoms with Crippen LogP contribution in [0.2, 0.25) is 0 Å². The van der Waals surface area contributed by atoms with Gasteiger partial charge in [-0.05, 0) is 30.5 Å².